The van der Waals surface area contributed by atoms with Gasteiger partial charge in [-0.25, -0.2) is 0 Å². The molecule has 0 amide bonds. The zero-order chi connectivity index (χ0) is 16.1. The van der Waals surface area contributed by atoms with Crippen LogP contribution in [0.2, 0.25) is 0 Å². The Labute approximate surface area is 137 Å². The molecule has 1 aliphatic heterocycles. The summed E-state index contributed by atoms with van der Waals surface area (Å²) in [7, 11) is 1.47. The summed E-state index contributed by atoms with van der Waals surface area (Å²) in [6, 6.07) is 18.7. The fraction of sp³-hybridized carbons (Fsp3) is 0.350. The summed E-state index contributed by atoms with van der Waals surface area (Å²) < 4.78 is 5.06. The maximum atomic E-state index is 12.3. The van der Waals surface area contributed by atoms with Gasteiger partial charge in [0.15, 0.2) is 0 Å². The Kier molecular flexibility index (Phi) is 5.09. The summed E-state index contributed by atoms with van der Waals surface area (Å²) in [6.07, 6.45) is 3.35. The third-order valence-corrected chi connectivity index (χ3v) is 4.58. The summed E-state index contributed by atoms with van der Waals surface area (Å²) in [5.74, 6) is -0.387. The molecule has 0 aliphatic carbocycles. The Hall–Kier alpha value is -2.13. The molecule has 1 unspecified atom stereocenters. The first-order valence-electron chi connectivity index (χ1n) is 8.26. The third-order valence-electron chi connectivity index (χ3n) is 4.58. The molecule has 0 aromatic heterocycles. The number of ether oxygens (including phenoxy) is 1. The van der Waals surface area contributed by atoms with Gasteiger partial charge in [-0.05, 0) is 36.1 Å². The summed E-state index contributed by atoms with van der Waals surface area (Å²) in [6.45, 7) is 0.972. The van der Waals surface area contributed by atoms with E-state index in [-0.39, 0.29) is 17.9 Å². The second kappa shape index (κ2) is 7.42. The molecule has 0 saturated carbocycles. The van der Waals surface area contributed by atoms with Crippen molar-refractivity contribution >= 4 is 5.97 Å². The van der Waals surface area contributed by atoms with E-state index >= 15 is 0 Å². The van der Waals surface area contributed by atoms with E-state index in [9.17, 15) is 4.79 Å². The van der Waals surface area contributed by atoms with Crippen LogP contribution in [0, 0.1) is 0 Å². The quantitative estimate of drug-likeness (QED) is 0.874. The molecule has 0 radical (unpaired) electrons. The number of hydrogen-bond donors (Lipinski definition) is 1. The van der Waals surface area contributed by atoms with Gasteiger partial charge >= 0.3 is 5.97 Å². The van der Waals surface area contributed by atoms with Crippen molar-refractivity contribution in [3.63, 3.8) is 0 Å². The minimum Gasteiger partial charge on any atom is -0.469 e. The van der Waals surface area contributed by atoms with Crippen LogP contribution in [0.3, 0.4) is 0 Å². The molecular weight excluding hydrogens is 286 g/mol. The van der Waals surface area contributed by atoms with Gasteiger partial charge in [-0.2, -0.15) is 0 Å². The van der Waals surface area contributed by atoms with Crippen molar-refractivity contribution in [3.05, 3.63) is 60.2 Å². The van der Waals surface area contributed by atoms with Crippen molar-refractivity contribution < 1.29 is 9.53 Å². The van der Waals surface area contributed by atoms with Gasteiger partial charge in [0.05, 0.1) is 13.0 Å². The van der Waals surface area contributed by atoms with Crippen LogP contribution in [-0.4, -0.2) is 25.7 Å². The standard InChI is InChI=1S/C20H23NO2/c1-23-20(22)19(18-9-5-6-14-21-18)17-12-10-16(11-13-17)15-7-3-2-4-8-15/h2-4,7-8,10-13,18-19,21H,5-6,9,14H2,1H3/t18-,19?/m1/s1. The van der Waals surface area contributed by atoms with Gasteiger partial charge in [0, 0.05) is 6.04 Å². The molecule has 1 heterocycles. The second-order valence-electron chi connectivity index (χ2n) is 6.05. The van der Waals surface area contributed by atoms with Gasteiger partial charge in [0.25, 0.3) is 0 Å². The van der Waals surface area contributed by atoms with Crippen molar-refractivity contribution in [2.24, 2.45) is 0 Å². The van der Waals surface area contributed by atoms with E-state index in [0.717, 1.165) is 30.5 Å². The maximum absolute atomic E-state index is 12.3. The van der Waals surface area contributed by atoms with Crippen LogP contribution in [0.5, 0.6) is 0 Å². The second-order valence-corrected chi connectivity index (χ2v) is 6.05. The van der Waals surface area contributed by atoms with Crippen molar-refractivity contribution in [2.45, 2.75) is 31.2 Å². The maximum Gasteiger partial charge on any atom is 0.314 e. The molecule has 0 bridgehead atoms. The summed E-state index contributed by atoms with van der Waals surface area (Å²) in [5, 5.41) is 3.48. The average molecular weight is 309 g/mol. The fourth-order valence-electron chi connectivity index (χ4n) is 3.34. The van der Waals surface area contributed by atoms with Crippen molar-refractivity contribution in [1.29, 1.82) is 0 Å². The van der Waals surface area contributed by atoms with Crippen LogP contribution < -0.4 is 5.32 Å². The minimum absolute atomic E-state index is 0.156. The lowest BCUT2D eigenvalue weighted by Gasteiger charge is -2.30. The molecule has 1 fully saturated rings. The zero-order valence-corrected chi connectivity index (χ0v) is 13.5. The number of carbonyl (C=O) groups is 1. The smallest absolute Gasteiger partial charge is 0.314 e. The highest BCUT2D eigenvalue weighted by Gasteiger charge is 2.31. The lowest BCUT2D eigenvalue weighted by molar-refractivity contribution is -0.143. The minimum atomic E-state index is -0.231. The summed E-state index contributed by atoms with van der Waals surface area (Å²) >= 11 is 0. The largest absolute Gasteiger partial charge is 0.469 e. The van der Waals surface area contributed by atoms with E-state index in [1.165, 1.54) is 19.1 Å². The highest BCUT2D eigenvalue weighted by atomic mass is 16.5. The molecule has 2 atom stereocenters. The predicted molar refractivity (Wildman–Crippen MR) is 92.3 cm³/mol. The highest BCUT2D eigenvalue weighted by Crippen LogP contribution is 2.28. The monoisotopic (exact) mass is 309 g/mol. The van der Waals surface area contributed by atoms with Crippen LogP contribution in [0.25, 0.3) is 11.1 Å². The molecule has 2 aromatic rings. The van der Waals surface area contributed by atoms with Crippen LogP contribution in [0.1, 0.15) is 30.7 Å². The first-order chi connectivity index (χ1) is 11.3. The van der Waals surface area contributed by atoms with Crippen LogP contribution in [0.4, 0.5) is 0 Å². The van der Waals surface area contributed by atoms with Crippen LogP contribution in [-0.2, 0) is 9.53 Å². The first kappa shape index (κ1) is 15.8. The van der Waals surface area contributed by atoms with E-state index in [2.05, 4.69) is 41.7 Å². The third kappa shape index (κ3) is 3.62. The molecule has 1 aliphatic rings. The first-order valence-corrected chi connectivity index (χ1v) is 8.26. The fourth-order valence-corrected chi connectivity index (χ4v) is 3.34. The Bertz CT molecular complexity index is 630. The van der Waals surface area contributed by atoms with Gasteiger partial charge in [-0.1, -0.05) is 61.0 Å². The van der Waals surface area contributed by atoms with Gasteiger partial charge in [-0.3, -0.25) is 4.79 Å². The number of benzene rings is 2. The topological polar surface area (TPSA) is 38.3 Å². The highest BCUT2D eigenvalue weighted by molar-refractivity contribution is 5.79. The van der Waals surface area contributed by atoms with Gasteiger partial charge in [0.1, 0.15) is 0 Å². The van der Waals surface area contributed by atoms with E-state index in [1.54, 1.807) is 0 Å². The van der Waals surface area contributed by atoms with Crippen LogP contribution >= 0.6 is 0 Å². The molecule has 0 spiro atoms. The van der Waals surface area contributed by atoms with Gasteiger partial charge < -0.3 is 10.1 Å². The molecule has 1 saturated heterocycles. The Morgan fingerprint density at radius 1 is 1.04 bits per heavy atom. The predicted octanol–water partition coefficient (Wildman–Crippen LogP) is 3.75. The zero-order valence-electron chi connectivity index (χ0n) is 13.5. The number of hydrogen-bond acceptors (Lipinski definition) is 3. The summed E-state index contributed by atoms with van der Waals surface area (Å²) in [5.41, 5.74) is 3.37. The van der Waals surface area contributed by atoms with Crippen molar-refractivity contribution in [3.8, 4) is 11.1 Å². The number of methoxy groups -OCH3 is 1. The molecule has 3 nitrogen and oxygen atoms in total. The molecule has 3 heteroatoms. The molecule has 1 N–H and O–H groups in total. The van der Waals surface area contributed by atoms with E-state index < -0.39 is 0 Å². The molecular formula is C20H23NO2. The Morgan fingerprint density at radius 2 is 1.74 bits per heavy atom. The normalized spacial score (nSPS) is 19.1. The molecule has 23 heavy (non-hydrogen) atoms. The summed E-state index contributed by atoms with van der Waals surface area (Å²) in [4.78, 5) is 12.3. The van der Waals surface area contributed by atoms with Gasteiger partial charge in [-0.15, -0.1) is 0 Å². The number of piperidine rings is 1. The number of esters is 1. The Morgan fingerprint density at radius 3 is 2.35 bits per heavy atom. The number of carbonyl (C=O) groups excluding carboxylic acids is 1. The van der Waals surface area contributed by atoms with Crippen molar-refractivity contribution in [1.82, 2.24) is 5.32 Å². The number of rotatable bonds is 4. The lowest BCUT2D eigenvalue weighted by atomic mass is 9.86. The van der Waals surface area contributed by atoms with Crippen LogP contribution in [0.15, 0.2) is 54.6 Å². The average Bonchev–Trinajstić information content (AvgIpc) is 2.64. The molecule has 3 rings (SSSR count). The van der Waals surface area contributed by atoms with Crippen molar-refractivity contribution in [2.75, 3.05) is 13.7 Å². The Balaban J connectivity index is 1.86. The molecule has 2 aromatic carbocycles. The number of nitrogens with one attached hydrogen (secondary N) is 1. The van der Waals surface area contributed by atoms with E-state index in [4.69, 9.17) is 4.74 Å². The molecule has 120 valence electrons. The lowest BCUT2D eigenvalue weighted by Crippen LogP contribution is -2.42. The SMILES string of the molecule is COC(=O)C(c1ccc(-c2ccccc2)cc1)[C@H]1CCCCN1. The van der Waals surface area contributed by atoms with E-state index in [1.807, 2.05) is 18.2 Å². The van der Waals surface area contributed by atoms with Gasteiger partial charge in [0.2, 0.25) is 0 Å². The van der Waals surface area contributed by atoms with E-state index in [0.29, 0.717) is 0 Å².